The lowest BCUT2D eigenvalue weighted by Crippen LogP contribution is -2.32. The van der Waals surface area contributed by atoms with Gasteiger partial charge in [0.05, 0.1) is 4.90 Å². The molecule has 2 rings (SSSR count). The molecule has 118 valence electrons. The Morgan fingerprint density at radius 3 is 2.18 bits per heavy atom. The molecule has 0 saturated heterocycles. The summed E-state index contributed by atoms with van der Waals surface area (Å²) in [5.74, 6) is 0. The first-order valence-corrected chi connectivity index (χ1v) is 9.15. The SMILES string of the molecule is CCc1ccc(S(=O)(=O)N[C@H](C)CCc2ccccc2)cc1. The van der Waals surface area contributed by atoms with E-state index in [1.807, 2.05) is 44.2 Å². The maximum absolute atomic E-state index is 12.3. The van der Waals surface area contributed by atoms with Crippen LogP contribution in [0.2, 0.25) is 0 Å². The van der Waals surface area contributed by atoms with Crippen LogP contribution in [0.15, 0.2) is 59.5 Å². The third kappa shape index (κ3) is 4.68. The number of benzene rings is 2. The van der Waals surface area contributed by atoms with Crippen LogP contribution in [0.5, 0.6) is 0 Å². The van der Waals surface area contributed by atoms with Crippen molar-refractivity contribution in [3.63, 3.8) is 0 Å². The summed E-state index contributed by atoms with van der Waals surface area (Å²) < 4.78 is 27.4. The highest BCUT2D eigenvalue weighted by molar-refractivity contribution is 7.89. The average Bonchev–Trinajstić information content (AvgIpc) is 2.53. The predicted molar refractivity (Wildman–Crippen MR) is 90.4 cm³/mol. The van der Waals surface area contributed by atoms with Gasteiger partial charge in [0, 0.05) is 6.04 Å². The molecule has 0 amide bonds. The van der Waals surface area contributed by atoms with Crippen molar-refractivity contribution in [1.29, 1.82) is 0 Å². The highest BCUT2D eigenvalue weighted by Crippen LogP contribution is 2.13. The van der Waals surface area contributed by atoms with E-state index in [0.29, 0.717) is 4.90 Å². The van der Waals surface area contributed by atoms with Crippen LogP contribution in [-0.4, -0.2) is 14.5 Å². The monoisotopic (exact) mass is 317 g/mol. The summed E-state index contributed by atoms with van der Waals surface area (Å²) in [6.45, 7) is 3.95. The topological polar surface area (TPSA) is 46.2 Å². The van der Waals surface area contributed by atoms with Gasteiger partial charge in [0.25, 0.3) is 0 Å². The van der Waals surface area contributed by atoms with Crippen LogP contribution in [0.1, 0.15) is 31.4 Å². The molecule has 0 aliphatic rings. The Kier molecular flexibility index (Phi) is 5.75. The molecule has 0 aromatic heterocycles. The van der Waals surface area contributed by atoms with Gasteiger partial charge >= 0.3 is 0 Å². The number of sulfonamides is 1. The number of nitrogens with one attached hydrogen (secondary N) is 1. The largest absolute Gasteiger partial charge is 0.240 e. The zero-order chi connectivity index (χ0) is 16.0. The molecule has 0 unspecified atom stereocenters. The second kappa shape index (κ2) is 7.56. The fourth-order valence-electron chi connectivity index (χ4n) is 2.32. The maximum Gasteiger partial charge on any atom is 0.240 e. The molecule has 1 atom stereocenters. The van der Waals surface area contributed by atoms with Gasteiger partial charge in [-0.2, -0.15) is 0 Å². The third-order valence-corrected chi connectivity index (χ3v) is 5.31. The minimum atomic E-state index is -3.44. The van der Waals surface area contributed by atoms with Crippen molar-refractivity contribution >= 4 is 10.0 Å². The van der Waals surface area contributed by atoms with Gasteiger partial charge in [-0.25, -0.2) is 13.1 Å². The van der Waals surface area contributed by atoms with E-state index in [1.165, 1.54) is 5.56 Å². The first-order valence-electron chi connectivity index (χ1n) is 7.66. The van der Waals surface area contributed by atoms with E-state index in [2.05, 4.69) is 16.9 Å². The lowest BCUT2D eigenvalue weighted by atomic mass is 10.1. The lowest BCUT2D eigenvalue weighted by Gasteiger charge is -2.14. The van der Waals surface area contributed by atoms with Crippen LogP contribution >= 0.6 is 0 Å². The van der Waals surface area contributed by atoms with E-state index < -0.39 is 10.0 Å². The smallest absolute Gasteiger partial charge is 0.208 e. The highest BCUT2D eigenvalue weighted by Gasteiger charge is 2.17. The Balaban J connectivity index is 1.95. The Hall–Kier alpha value is -1.65. The second-order valence-corrected chi connectivity index (χ2v) is 7.26. The van der Waals surface area contributed by atoms with Gasteiger partial charge in [0.1, 0.15) is 0 Å². The van der Waals surface area contributed by atoms with E-state index in [1.54, 1.807) is 12.1 Å². The summed E-state index contributed by atoms with van der Waals surface area (Å²) in [4.78, 5) is 0.330. The van der Waals surface area contributed by atoms with Gasteiger partial charge in [-0.15, -0.1) is 0 Å². The summed E-state index contributed by atoms with van der Waals surface area (Å²) in [5.41, 5.74) is 2.36. The number of aryl methyl sites for hydroxylation is 2. The molecule has 22 heavy (non-hydrogen) atoms. The number of hydrogen-bond donors (Lipinski definition) is 1. The molecule has 4 heteroatoms. The Bertz CT molecular complexity index is 679. The van der Waals surface area contributed by atoms with Crippen molar-refractivity contribution in [2.75, 3.05) is 0 Å². The standard InChI is InChI=1S/C18H23NO2S/c1-3-16-11-13-18(14-12-16)22(20,21)19-15(2)9-10-17-7-5-4-6-8-17/h4-8,11-15,19H,3,9-10H2,1-2H3/t15-/m1/s1. The zero-order valence-electron chi connectivity index (χ0n) is 13.1. The van der Waals surface area contributed by atoms with Crippen molar-refractivity contribution in [3.8, 4) is 0 Å². The van der Waals surface area contributed by atoms with Crippen molar-refractivity contribution in [1.82, 2.24) is 4.72 Å². The zero-order valence-corrected chi connectivity index (χ0v) is 13.9. The van der Waals surface area contributed by atoms with E-state index >= 15 is 0 Å². The number of hydrogen-bond acceptors (Lipinski definition) is 2. The summed E-state index contributed by atoms with van der Waals surface area (Å²) in [5, 5.41) is 0. The van der Waals surface area contributed by atoms with Crippen LogP contribution in [-0.2, 0) is 22.9 Å². The Labute approximate surface area is 133 Å². The van der Waals surface area contributed by atoms with E-state index in [0.717, 1.165) is 24.8 Å². The first kappa shape index (κ1) is 16.7. The predicted octanol–water partition coefficient (Wildman–Crippen LogP) is 3.55. The molecule has 0 radical (unpaired) electrons. The molecule has 1 N–H and O–H groups in total. The molecular formula is C18H23NO2S. The normalized spacial score (nSPS) is 13.0. The molecular weight excluding hydrogens is 294 g/mol. The van der Waals surface area contributed by atoms with Crippen molar-refractivity contribution in [3.05, 3.63) is 65.7 Å². The van der Waals surface area contributed by atoms with Crippen LogP contribution in [0.3, 0.4) is 0 Å². The van der Waals surface area contributed by atoms with Gasteiger partial charge in [0.15, 0.2) is 0 Å². The highest BCUT2D eigenvalue weighted by atomic mass is 32.2. The number of rotatable bonds is 7. The van der Waals surface area contributed by atoms with E-state index in [9.17, 15) is 8.42 Å². The molecule has 0 aliphatic carbocycles. The second-order valence-electron chi connectivity index (χ2n) is 5.54. The van der Waals surface area contributed by atoms with Gasteiger partial charge < -0.3 is 0 Å². The Morgan fingerprint density at radius 1 is 0.955 bits per heavy atom. The fourth-order valence-corrected chi connectivity index (χ4v) is 3.60. The van der Waals surface area contributed by atoms with Gasteiger partial charge in [-0.05, 0) is 49.4 Å². The Morgan fingerprint density at radius 2 is 1.59 bits per heavy atom. The first-order chi connectivity index (χ1) is 10.5. The van der Waals surface area contributed by atoms with Crippen LogP contribution in [0.25, 0.3) is 0 Å². The molecule has 0 spiro atoms. The molecule has 0 aliphatic heterocycles. The van der Waals surface area contributed by atoms with E-state index in [4.69, 9.17) is 0 Å². The molecule has 0 saturated carbocycles. The molecule has 0 fully saturated rings. The van der Waals surface area contributed by atoms with Crippen LogP contribution < -0.4 is 4.72 Å². The molecule has 2 aromatic rings. The fraction of sp³-hybridized carbons (Fsp3) is 0.333. The third-order valence-electron chi connectivity index (χ3n) is 3.71. The average molecular weight is 317 g/mol. The van der Waals surface area contributed by atoms with Gasteiger partial charge in [-0.1, -0.05) is 49.4 Å². The van der Waals surface area contributed by atoms with Gasteiger partial charge in [-0.3, -0.25) is 0 Å². The van der Waals surface area contributed by atoms with Gasteiger partial charge in [0.2, 0.25) is 10.0 Å². The summed E-state index contributed by atoms with van der Waals surface area (Å²) in [7, 11) is -3.44. The van der Waals surface area contributed by atoms with Crippen LogP contribution in [0.4, 0.5) is 0 Å². The van der Waals surface area contributed by atoms with Crippen molar-refractivity contribution in [2.45, 2.75) is 44.0 Å². The van der Waals surface area contributed by atoms with Crippen LogP contribution in [0, 0.1) is 0 Å². The molecule has 2 aromatic carbocycles. The summed E-state index contributed by atoms with van der Waals surface area (Å²) in [6.07, 6.45) is 2.54. The molecule has 3 nitrogen and oxygen atoms in total. The van der Waals surface area contributed by atoms with Crippen molar-refractivity contribution < 1.29 is 8.42 Å². The maximum atomic E-state index is 12.3. The minimum absolute atomic E-state index is 0.101. The minimum Gasteiger partial charge on any atom is -0.208 e. The lowest BCUT2D eigenvalue weighted by molar-refractivity contribution is 0.547. The van der Waals surface area contributed by atoms with E-state index in [-0.39, 0.29) is 6.04 Å². The summed E-state index contributed by atoms with van der Waals surface area (Å²) >= 11 is 0. The van der Waals surface area contributed by atoms with Crippen molar-refractivity contribution in [2.24, 2.45) is 0 Å². The quantitative estimate of drug-likeness (QED) is 0.849. The summed E-state index contributed by atoms with van der Waals surface area (Å²) in [6, 6.07) is 17.1. The molecule has 0 heterocycles. The molecule has 0 bridgehead atoms.